The first kappa shape index (κ1) is 12.6. The monoisotopic (exact) mass is 247 g/mol. The van der Waals surface area contributed by atoms with Crippen molar-refractivity contribution < 1.29 is 9.26 Å². The second-order valence-electron chi connectivity index (χ2n) is 3.98. The van der Waals surface area contributed by atoms with Crippen molar-refractivity contribution in [3.8, 4) is 5.75 Å². The molecule has 5 nitrogen and oxygen atoms in total. The van der Waals surface area contributed by atoms with E-state index in [0.717, 1.165) is 12.3 Å². The lowest BCUT2D eigenvalue weighted by Gasteiger charge is -2.13. The van der Waals surface area contributed by atoms with E-state index in [-0.39, 0.29) is 0 Å². The Kier molecular flexibility index (Phi) is 4.30. The lowest BCUT2D eigenvalue weighted by molar-refractivity contribution is 0.286. The van der Waals surface area contributed by atoms with E-state index in [9.17, 15) is 0 Å². The van der Waals surface area contributed by atoms with Gasteiger partial charge in [-0.3, -0.25) is 0 Å². The largest absolute Gasteiger partial charge is 0.485 e. The average molecular weight is 247 g/mol. The predicted octanol–water partition coefficient (Wildman–Crippen LogP) is 2.32. The molecule has 1 N–H and O–H groups in total. The van der Waals surface area contributed by atoms with Gasteiger partial charge < -0.3 is 14.6 Å². The number of nitrogens with zero attached hydrogens (tertiary/aromatic N) is 2. The molecule has 1 heterocycles. The fourth-order valence-corrected chi connectivity index (χ4v) is 1.68. The molecule has 0 fully saturated rings. The first-order valence-corrected chi connectivity index (χ1v) is 6.01. The Balaban J connectivity index is 1.91. The Hall–Kier alpha value is -1.88. The minimum Gasteiger partial charge on any atom is -0.485 e. The number of aromatic nitrogens is 2. The summed E-state index contributed by atoms with van der Waals surface area (Å²) in [6, 6.07) is 8.35. The second-order valence-corrected chi connectivity index (χ2v) is 3.98. The van der Waals surface area contributed by atoms with Crippen molar-refractivity contribution in [2.24, 2.45) is 0 Å². The molecular formula is C13H17N3O2. The maximum absolute atomic E-state index is 5.54. The molecule has 0 spiro atoms. The van der Waals surface area contributed by atoms with Crippen molar-refractivity contribution in [3.05, 3.63) is 42.0 Å². The van der Waals surface area contributed by atoms with Crippen LogP contribution in [-0.4, -0.2) is 16.7 Å². The van der Waals surface area contributed by atoms with Gasteiger partial charge in [0.2, 0.25) is 12.2 Å². The standard InChI is InChI=1S/C13H17N3O2/c1-3-14-10(2)11-4-6-12(7-5-11)17-8-13-15-9-18-16-13/h4-7,9-10,14H,3,8H2,1-2H3. The van der Waals surface area contributed by atoms with Gasteiger partial charge in [-0.05, 0) is 31.2 Å². The highest BCUT2D eigenvalue weighted by molar-refractivity contribution is 5.28. The number of rotatable bonds is 6. The van der Waals surface area contributed by atoms with Gasteiger partial charge in [0.1, 0.15) is 5.75 Å². The molecule has 0 radical (unpaired) electrons. The van der Waals surface area contributed by atoms with Gasteiger partial charge in [-0.25, -0.2) is 0 Å². The molecule has 0 aliphatic carbocycles. The third-order valence-electron chi connectivity index (χ3n) is 2.67. The summed E-state index contributed by atoms with van der Waals surface area (Å²) in [4.78, 5) is 3.89. The summed E-state index contributed by atoms with van der Waals surface area (Å²) in [6.45, 7) is 5.51. The van der Waals surface area contributed by atoms with E-state index < -0.39 is 0 Å². The zero-order valence-corrected chi connectivity index (χ0v) is 10.6. The molecule has 0 aliphatic rings. The van der Waals surface area contributed by atoms with Gasteiger partial charge in [-0.15, -0.1) is 0 Å². The third-order valence-corrected chi connectivity index (χ3v) is 2.67. The fourth-order valence-electron chi connectivity index (χ4n) is 1.68. The van der Waals surface area contributed by atoms with Gasteiger partial charge in [0, 0.05) is 6.04 Å². The number of nitrogens with one attached hydrogen (secondary N) is 1. The summed E-state index contributed by atoms with van der Waals surface area (Å²) in [5, 5.41) is 7.04. The quantitative estimate of drug-likeness (QED) is 0.848. The van der Waals surface area contributed by atoms with Gasteiger partial charge in [0.05, 0.1) is 0 Å². The maximum atomic E-state index is 5.54. The summed E-state index contributed by atoms with van der Waals surface area (Å²) < 4.78 is 10.2. The van der Waals surface area contributed by atoms with E-state index in [2.05, 4.69) is 46.0 Å². The first-order valence-electron chi connectivity index (χ1n) is 6.01. The molecule has 18 heavy (non-hydrogen) atoms. The topological polar surface area (TPSA) is 60.2 Å². The lowest BCUT2D eigenvalue weighted by Crippen LogP contribution is -2.17. The summed E-state index contributed by atoms with van der Waals surface area (Å²) in [5.41, 5.74) is 1.24. The number of hydrogen-bond acceptors (Lipinski definition) is 5. The molecular weight excluding hydrogens is 230 g/mol. The van der Waals surface area contributed by atoms with Crippen LogP contribution in [0, 0.1) is 0 Å². The van der Waals surface area contributed by atoms with Gasteiger partial charge in [-0.2, -0.15) is 4.98 Å². The van der Waals surface area contributed by atoms with Crippen LogP contribution in [-0.2, 0) is 6.61 Å². The van der Waals surface area contributed by atoms with Crippen LogP contribution in [0.2, 0.25) is 0 Å². The van der Waals surface area contributed by atoms with Crippen LogP contribution in [0.4, 0.5) is 0 Å². The maximum Gasteiger partial charge on any atom is 0.213 e. The first-order chi connectivity index (χ1) is 8.79. The van der Waals surface area contributed by atoms with Crippen LogP contribution in [0.15, 0.2) is 35.2 Å². The Morgan fingerprint density at radius 1 is 1.33 bits per heavy atom. The van der Waals surface area contributed by atoms with E-state index >= 15 is 0 Å². The number of benzene rings is 1. The Bertz CT molecular complexity index is 454. The van der Waals surface area contributed by atoms with Crippen molar-refractivity contribution in [3.63, 3.8) is 0 Å². The van der Waals surface area contributed by atoms with Gasteiger partial charge >= 0.3 is 0 Å². The highest BCUT2D eigenvalue weighted by Crippen LogP contribution is 2.18. The predicted molar refractivity (Wildman–Crippen MR) is 67.2 cm³/mol. The minimum absolute atomic E-state index is 0.318. The highest BCUT2D eigenvalue weighted by atomic mass is 16.5. The van der Waals surface area contributed by atoms with Crippen molar-refractivity contribution in [2.45, 2.75) is 26.5 Å². The Labute approximate surface area is 106 Å². The van der Waals surface area contributed by atoms with Crippen LogP contribution in [0.1, 0.15) is 31.3 Å². The average Bonchev–Trinajstić information content (AvgIpc) is 2.90. The molecule has 96 valence electrons. The molecule has 5 heteroatoms. The molecule has 0 amide bonds. The van der Waals surface area contributed by atoms with Gasteiger partial charge in [-0.1, -0.05) is 24.2 Å². The molecule has 1 unspecified atom stereocenters. The highest BCUT2D eigenvalue weighted by Gasteiger charge is 2.04. The van der Waals surface area contributed by atoms with Gasteiger partial charge in [0.25, 0.3) is 0 Å². The Morgan fingerprint density at radius 2 is 2.11 bits per heavy atom. The Morgan fingerprint density at radius 3 is 2.72 bits per heavy atom. The molecule has 2 rings (SSSR count). The zero-order valence-electron chi connectivity index (χ0n) is 10.6. The van der Waals surface area contributed by atoms with Crippen molar-refractivity contribution in [1.29, 1.82) is 0 Å². The van der Waals surface area contributed by atoms with E-state index in [0.29, 0.717) is 18.5 Å². The van der Waals surface area contributed by atoms with E-state index in [1.54, 1.807) is 0 Å². The van der Waals surface area contributed by atoms with Gasteiger partial charge in [0.15, 0.2) is 6.61 Å². The van der Waals surface area contributed by atoms with Crippen LogP contribution < -0.4 is 10.1 Å². The second kappa shape index (κ2) is 6.16. The van der Waals surface area contributed by atoms with Crippen LogP contribution in [0.3, 0.4) is 0 Å². The molecule has 0 saturated heterocycles. The van der Waals surface area contributed by atoms with Crippen LogP contribution >= 0.6 is 0 Å². The zero-order chi connectivity index (χ0) is 12.8. The molecule has 0 saturated carbocycles. The molecule has 1 aromatic heterocycles. The molecule has 0 aliphatic heterocycles. The molecule has 2 aromatic rings. The van der Waals surface area contributed by atoms with Crippen molar-refractivity contribution in [2.75, 3.05) is 6.54 Å². The summed E-state index contributed by atoms with van der Waals surface area (Å²) in [6.07, 6.45) is 1.29. The molecule has 0 bridgehead atoms. The smallest absolute Gasteiger partial charge is 0.213 e. The number of hydrogen-bond donors (Lipinski definition) is 1. The fraction of sp³-hybridized carbons (Fsp3) is 0.385. The third kappa shape index (κ3) is 3.30. The molecule has 1 atom stereocenters. The van der Waals surface area contributed by atoms with Crippen molar-refractivity contribution >= 4 is 0 Å². The summed E-state index contributed by atoms with van der Waals surface area (Å²) >= 11 is 0. The van der Waals surface area contributed by atoms with Crippen LogP contribution in [0.25, 0.3) is 0 Å². The SMILES string of the molecule is CCNC(C)c1ccc(OCc2ncon2)cc1. The van der Waals surface area contributed by atoms with Crippen LogP contribution in [0.5, 0.6) is 5.75 Å². The molecule has 1 aromatic carbocycles. The van der Waals surface area contributed by atoms with E-state index in [1.165, 1.54) is 12.0 Å². The van der Waals surface area contributed by atoms with Crippen molar-refractivity contribution in [1.82, 2.24) is 15.5 Å². The normalized spacial score (nSPS) is 12.3. The van der Waals surface area contributed by atoms with E-state index in [4.69, 9.17) is 4.74 Å². The summed E-state index contributed by atoms with van der Waals surface area (Å²) in [7, 11) is 0. The minimum atomic E-state index is 0.318. The van der Waals surface area contributed by atoms with E-state index in [1.807, 2.05) is 12.1 Å². The summed E-state index contributed by atoms with van der Waals surface area (Å²) in [5.74, 6) is 1.34. The number of ether oxygens (including phenoxy) is 1. The lowest BCUT2D eigenvalue weighted by atomic mass is 10.1.